The Balaban J connectivity index is 1.36. The molecule has 1 fully saturated rings. The Kier molecular flexibility index (Phi) is 9.68. The lowest BCUT2D eigenvalue weighted by atomic mass is 9.79. The molecule has 0 amide bonds. The van der Waals surface area contributed by atoms with Gasteiger partial charge >= 0.3 is 5.97 Å². The minimum Gasteiger partial charge on any atom is -0.423 e. The van der Waals surface area contributed by atoms with Crippen LogP contribution in [0.2, 0.25) is 5.02 Å². The highest BCUT2D eigenvalue weighted by molar-refractivity contribution is 6.30. The van der Waals surface area contributed by atoms with Crippen LogP contribution in [0.4, 0.5) is 0 Å². The van der Waals surface area contributed by atoms with Crippen LogP contribution in [-0.4, -0.2) is 5.97 Å². The van der Waals surface area contributed by atoms with Crippen molar-refractivity contribution in [1.29, 1.82) is 0 Å². The summed E-state index contributed by atoms with van der Waals surface area (Å²) in [4.78, 5) is 12.3. The highest BCUT2D eigenvalue weighted by atomic mass is 35.5. The Hall–Kier alpha value is -2.06. The largest absolute Gasteiger partial charge is 0.423 e. The highest BCUT2D eigenvalue weighted by Crippen LogP contribution is 2.32. The zero-order chi connectivity index (χ0) is 21.9. The number of hydrogen-bond donors (Lipinski definition) is 0. The smallest absolute Gasteiger partial charge is 0.343 e. The summed E-state index contributed by atoms with van der Waals surface area (Å²) < 4.78 is 5.39. The number of esters is 1. The number of carbonyl (C=O) groups is 1. The number of aryl methyl sites for hydroxylation is 1. The van der Waals surface area contributed by atoms with Crippen LogP contribution in [0.5, 0.6) is 5.75 Å². The van der Waals surface area contributed by atoms with Gasteiger partial charge in [-0.05, 0) is 92.3 Å². The second kappa shape index (κ2) is 12.7. The van der Waals surface area contributed by atoms with E-state index in [1.807, 2.05) is 24.3 Å². The summed E-state index contributed by atoms with van der Waals surface area (Å²) in [7, 11) is 0. The molecule has 2 aromatic rings. The van der Waals surface area contributed by atoms with Crippen LogP contribution in [-0.2, 0) is 6.42 Å². The van der Waals surface area contributed by atoms with Crippen molar-refractivity contribution in [2.75, 3.05) is 0 Å². The minimum atomic E-state index is -0.348. The predicted molar refractivity (Wildman–Crippen MR) is 130 cm³/mol. The Bertz CT molecular complexity index is 815. The van der Waals surface area contributed by atoms with Crippen molar-refractivity contribution in [3.8, 4) is 5.75 Å². The summed E-state index contributed by atoms with van der Waals surface area (Å²) in [5.74, 6) is 1.89. The molecule has 0 radical (unpaired) electrons. The molecule has 3 rings (SSSR count). The molecule has 0 heterocycles. The summed E-state index contributed by atoms with van der Waals surface area (Å²) in [6.45, 7) is 2.28. The Labute approximate surface area is 192 Å². The molecule has 1 aliphatic rings. The molecule has 3 heteroatoms. The fraction of sp³-hybridized carbons (Fsp3) is 0.464. The molecule has 0 atom stereocenters. The van der Waals surface area contributed by atoms with E-state index in [9.17, 15) is 4.79 Å². The van der Waals surface area contributed by atoms with Crippen LogP contribution in [0.1, 0.15) is 80.6 Å². The molecular formula is C28H35ClO2. The third-order valence-corrected chi connectivity index (χ3v) is 6.58. The molecule has 0 N–H and O–H groups in total. The zero-order valence-electron chi connectivity index (χ0n) is 18.7. The number of carbonyl (C=O) groups excluding carboxylic acids is 1. The van der Waals surface area contributed by atoms with Gasteiger partial charge in [0.1, 0.15) is 5.75 Å². The van der Waals surface area contributed by atoms with Gasteiger partial charge in [-0.1, -0.05) is 68.5 Å². The van der Waals surface area contributed by atoms with Gasteiger partial charge in [-0.2, -0.15) is 0 Å². The number of ether oxygens (including phenoxy) is 1. The molecule has 1 aliphatic carbocycles. The Morgan fingerprint density at radius 2 is 1.71 bits per heavy atom. The third kappa shape index (κ3) is 8.18. The van der Waals surface area contributed by atoms with Crippen LogP contribution in [0.15, 0.2) is 60.7 Å². The van der Waals surface area contributed by atoms with Gasteiger partial charge in [0, 0.05) is 5.02 Å². The molecule has 0 bridgehead atoms. The SMILES string of the molecule is CCCCC[C@H]1CC[C@H](/C=C/CCc2ccc(C(=O)Oc3ccc(Cl)cc3)cc2)CC1. The fourth-order valence-electron chi connectivity index (χ4n) is 4.37. The van der Waals surface area contributed by atoms with Crippen molar-refractivity contribution in [3.63, 3.8) is 0 Å². The number of hydrogen-bond acceptors (Lipinski definition) is 2. The van der Waals surface area contributed by atoms with E-state index in [0.29, 0.717) is 16.3 Å². The van der Waals surface area contributed by atoms with Crippen LogP contribution in [0.3, 0.4) is 0 Å². The average Bonchev–Trinajstić information content (AvgIpc) is 2.80. The summed E-state index contributed by atoms with van der Waals surface area (Å²) in [5, 5.41) is 0.619. The van der Waals surface area contributed by atoms with Crippen LogP contribution in [0.25, 0.3) is 0 Å². The van der Waals surface area contributed by atoms with Crippen molar-refractivity contribution in [2.24, 2.45) is 11.8 Å². The first kappa shape index (κ1) is 23.6. The molecule has 31 heavy (non-hydrogen) atoms. The van der Waals surface area contributed by atoms with E-state index in [-0.39, 0.29) is 5.97 Å². The van der Waals surface area contributed by atoms with E-state index in [1.54, 1.807) is 24.3 Å². The maximum atomic E-state index is 12.3. The van der Waals surface area contributed by atoms with E-state index in [4.69, 9.17) is 16.3 Å². The molecule has 166 valence electrons. The molecule has 0 aromatic heterocycles. The highest BCUT2D eigenvalue weighted by Gasteiger charge is 2.18. The van der Waals surface area contributed by atoms with E-state index >= 15 is 0 Å². The normalized spacial score (nSPS) is 18.9. The van der Waals surface area contributed by atoms with Gasteiger partial charge < -0.3 is 4.74 Å². The topological polar surface area (TPSA) is 26.3 Å². The van der Waals surface area contributed by atoms with E-state index in [2.05, 4.69) is 19.1 Å². The molecule has 0 aliphatic heterocycles. The van der Waals surface area contributed by atoms with Gasteiger partial charge in [-0.15, -0.1) is 0 Å². The summed E-state index contributed by atoms with van der Waals surface area (Å²) in [6.07, 6.45) is 17.9. The van der Waals surface area contributed by atoms with Crippen molar-refractivity contribution < 1.29 is 9.53 Å². The van der Waals surface area contributed by atoms with Crippen LogP contribution < -0.4 is 4.74 Å². The molecule has 2 nitrogen and oxygen atoms in total. The van der Waals surface area contributed by atoms with E-state index in [1.165, 1.54) is 56.9 Å². The quantitative estimate of drug-likeness (QED) is 0.161. The van der Waals surface area contributed by atoms with Gasteiger partial charge in [0.2, 0.25) is 0 Å². The lowest BCUT2D eigenvalue weighted by Gasteiger charge is -2.26. The van der Waals surface area contributed by atoms with Gasteiger partial charge in [0.15, 0.2) is 0 Å². The second-order valence-corrected chi connectivity index (χ2v) is 9.22. The monoisotopic (exact) mass is 438 g/mol. The van der Waals surface area contributed by atoms with Gasteiger partial charge in [0.25, 0.3) is 0 Å². The first-order valence-electron chi connectivity index (χ1n) is 11.9. The van der Waals surface area contributed by atoms with Crippen molar-refractivity contribution in [2.45, 2.75) is 71.1 Å². The lowest BCUT2D eigenvalue weighted by molar-refractivity contribution is 0.0735. The van der Waals surface area contributed by atoms with Crippen molar-refractivity contribution >= 4 is 17.6 Å². The number of allylic oxidation sites excluding steroid dienone is 2. The average molecular weight is 439 g/mol. The van der Waals surface area contributed by atoms with Gasteiger partial charge in [0.05, 0.1) is 5.56 Å². The number of benzene rings is 2. The zero-order valence-corrected chi connectivity index (χ0v) is 19.4. The van der Waals surface area contributed by atoms with Crippen LogP contribution in [0, 0.1) is 11.8 Å². The maximum Gasteiger partial charge on any atom is 0.343 e. The maximum absolute atomic E-state index is 12.3. The summed E-state index contributed by atoms with van der Waals surface area (Å²) >= 11 is 5.86. The summed E-state index contributed by atoms with van der Waals surface area (Å²) in [6, 6.07) is 14.5. The minimum absolute atomic E-state index is 0.348. The second-order valence-electron chi connectivity index (χ2n) is 8.78. The van der Waals surface area contributed by atoms with Crippen molar-refractivity contribution in [3.05, 3.63) is 76.8 Å². The first-order chi connectivity index (χ1) is 15.1. The standard InChI is InChI=1S/C28H35ClO2/c1-2-3-4-7-22-10-12-23(13-11-22)8-5-6-9-24-14-16-25(17-15-24)28(30)31-27-20-18-26(29)19-21-27/h5,8,14-23H,2-4,6-7,9-13H2,1H3/b8-5+/t22-,23-. The third-order valence-electron chi connectivity index (χ3n) is 6.33. The molecule has 1 saturated carbocycles. The summed E-state index contributed by atoms with van der Waals surface area (Å²) in [5.41, 5.74) is 1.80. The van der Waals surface area contributed by atoms with Crippen molar-refractivity contribution in [1.82, 2.24) is 0 Å². The Morgan fingerprint density at radius 3 is 2.39 bits per heavy atom. The number of halogens is 1. The Morgan fingerprint density at radius 1 is 1.00 bits per heavy atom. The molecule has 0 saturated heterocycles. The molecule has 0 spiro atoms. The predicted octanol–water partition coefficient (Wildman–Crippen LogP) is 8.43. The lowest BCUT2D eigenvalue weighted by Crippen LogP contribution is -2.13. The fourth-order valence-corrected chi connectivity index (χ4v) is 4.49. The van der Waals surface area contributed by atoms with Gasteiger partial charge in [-0.25, -0.2) is 4.79 Å². The van der Waals surface area contributed by atoms with E-state index in [0.717, 1.165) is 24.7 Å². The molecular weight excluding hydrogens is 404 g/mol. The molecule has 0 unspecified atom stereocenters. The van der Waals surface area contributed by atoms with Crippen LogP contribution >= 0.6 is 11.6 Å². The first-order valence-corrected chi connectivity index (χ1v) is 12.2. The van der Waals surface area contributed by atoms with E-state index < -0.39 is 0 Å². The van der Waals surface area contributed by atoms with Gasteiger partial charge in [-0.3, -0.25) is 0 Å². The number of unbranched alkanes of at least 4 members (excludes halogenated alkanes) is 2. The molecule has 2 aromatic carbocycles. The number of rotatable bonds is 10.